The zero-order valence-electron chi connectivity index (χ0n) is 20.1. The van der Waals surface area contributed by atoms with Crippen LogP contribution in [0.4, 0.5) is 5.82 Å². The van der Waals surface area contributed by atoms with Crippen LogP contribution in [0.5, 0.6) is 0 Å². The molecule has 1 aliphatic carbocycles. The van der Waals surface area contributed by atoms with E-state index in [-0.39, 0.29) is 23.7 Å². The zero-order valence-corrected chi connectivity index (χ0v) is 20.1. The summed E-state index contributed by atoms with van der Waals surface area (Å²) >= 11 is 0. The second-order valence-electron chi connectivity index (χ2n) is 9.71. The van der Waals surface area contributed by atoms with E-state index < -0.39 is 0 Å². The Kier molecular flexibility index (Phi) is 6.37. The molecule has 34 heavy (non-hydrogen) atoms. The Bertz CT molecular complexity index is 1080. The molecule has 0 spiro atoms. The molecule has 6 N–H and O–H groups in total. The van der Waals surface area contributed by atoms with Crippen molar-refractivity contribution >= 4 is 11.6 Å². The summed E-state index contributed by atoms with van der Waals surface area (Å²) in [6.45, 7) is 8.31. The Labute approximate surface area is 200 Å². The van der Waals surface area contributed by atoms with Gasteiger partial charge in [0.25, 0.3) is 5.56 Å². The van der Waals surface area contributed by atoms with Crippen LogP contribution in [0.3, 0.4) is 0 Å². The van der Waals surface area contributed by atoms with E-state index in [4.69, 9.17) is 5.84 Å². The molecule has 2 fully saturated rings. The van der Waals surface area contributed by atoms with Gasteiger partial charge in [-0.2, -0.15) is 0 Å². The summed E-state index contributed by atoms with van der Waals surface area (Å²) in [5, 5.41) is 15.8. The molecule has 0 aromatic carbocycles. The van der Waals surface area contributed by atoms with Crippen LogP contribution in [-0.4, -0.2) is 59.3 Å². The minimum absolute atomic E-state index is 0.137. The fourth-order valence-corrected chi connectivity index (χ4v) is 5.60. The lowest BCUT2D eigenvalue weighted by atomic mass is 9.99. The Morgan fingerprint density at radius 3 is 2.50 bits per heavy atom. The van der Waals surface area contributed by atoms with Gasteiger partial charge in [-0.15, -0.1) is 0 Å². The lowest BCUT2D eigenvalue weighted by Crippen LogP contribution is -2.54. The third-order valence-corrected chi connectivity index (χ3v) is 7.52. The molecule has 4 aliphatic rings. The molecule has 4 heterocycles. The molecule has 1 unspecified atom stereocenters. The Morgan fingerprint density at radius 2 is 1.85 bits per heavy atom. The average Bonchev–Trinajstić information content (AvgIpc) is 3.34. The molecule has 184 valence electrons. The van der Waals surface area contributed by atoms with Crippen LogP contribution < -0.4 is 32.7 Å². The van der Waals surface area contributed by atoms with Gasteiger partial charge in [0.1, 0.15) is 11.6 Å². The maximum absolute atomic E-state index is 13.4. The number of carbonyl (C=O) groups is 1. The van der Waals surface area contributed by atoms with Crippen LogP contribution in [0.1, 0.15) is 60.1 Å². The van der Waals surface area contributed by atoms with Gasteiger partial charge < -0.3 is 20.9 Å². The summed E-state index contributed by atoms with van der Waals surface area (Å²) in [5.74, 6) is 7.47. The summed E-state index contributed by atoms with van der Waals surface area (Å²) in [5.41, 5.74) is 3.20. The number of hydrazine groups is 1. The number of piperazine rings is 1. The first-order valence-corrected chi connectivity index (χ1v) is 12.4. The average molecular weight is 469 g/mol. The van der Waals surface area contributed by atoms with Crippen molar-refractivity contribution in [3.63, 3.8) is 0 Å². The van der Waals surface area contributed by atoms with Crippen LogP contribution >= 0.6 is 0 Å². The zero-order chi connectivity index (χ0) is 23.8. The van der Waals surface area contributed by atoms with Crippen molar-refractivity contribution in [3.8, 4) is 0 Å². The van der Waals surface area contributed by atoms with E-state index in [1.807, 2.05) is 16.5 Å². The third-order valence-electron chi connectivity index (χ3n) is 7.52. The largest absolute Gasteiger partial charge is 0.371 e. The lowest BCUT2D eigenvalue weighted by molar-refractivity contribution is 0.101. The van der Waals surface area contributed by atoms with Crippen molar-refractivity contribution in [1.29, 1.82) is 0 Å². The number of aromatic nitrogens is 1. The number of dihydropyridines is 1. The summed E-state index contributed by atoms with van der Waals surface area (Å²) in [6.07, 6.45) is 8.14. The minimum Gasteiger partial charge on any atom is -0.371 e. The molecule has 5 rings (SSSR count). The van der Waals surface area contributed by atoms with Gasteiger partial charge in [-0.25, -0.2) is 5.01 Å². The number of Topliss-reactive ketones (excluding diaryl/α,β-unsaturated/α-hetero) is 1. The molecule has 0 radical (unpaired) electrons. The highest BCUT2D eigenvalue weighted by Crippen LogP contribution is 2.34. The first-order valence-electron chi connectivity index (χ1n) is 12.4. The highest BCUT2D eigenvalue weighted by molar-refractivity contribution is 5.96. The predicted octanol–water partition coefficient (Wildman–Crippen LogP) is 0.683. The van der Waals surface area contributed by atoms with E-state index in [1.54, 1.807) is 0 Å². The molecule has 1 saturated heterocycles. The first kappa shape index (κ1) is 22.9. The monoisotopic (exact) mass is 468 g/mol. The fourth-order valence-electron chi connectivity index (χ4n) is 5.60. The highest BCUT2D eigenvalue weighted by atomic mass is 16.1. The second-order valence-corrected chi connectivity index (χ2v) is 9.71. The number of anilines is 1. The van der Waals surface area contributed by atoms with E-state index in [0.717, 1.165) is 81.2 Å². The molecule has 0 amide bonds. The quantitative estimate of drug-likeness (QED) is 0.314. The van der Waals surface area contributed by atoms with Gasteiger partial charge in [0.05, 0.1) is 12.1 Å². The number of nitrogens with zero attached hydrogens (tertiary/aromatic N) is 3. The van der Waals surface area contributed by atoms with Crippen molar-refractivity contribution < 1.29 is 4.79 Å². The number of carbonyl (C=O) groups excluding carboxylic acids is 1. The fraction of sp³-hybridized carbons (Fsp3) is 0.583. The summed E-state index contributed by atoms with van der Waals surface area (Å²) in [4.78, 5) is 28.1. The minimum atomic E-state index is -0.239. The van der Waals surface area contributed by atoms with Gasteiger partial charge in [0, 0.05) is 50.0 Å². The maximum Gasteiger partial charge on any atom is 0.263 e. The van der Waals surface area contributed by atoms with Crippen LogP contribution in [0.2, 0.25) is 0 Å². The van der Waals surface area contributed by atoms with Gasteiger partial charge in [-0.1, -0.05) is 12.8 Å². The smallest absolute Gasteiger partial charge is 0.263 e. The number of pyridine rings is 1. The van der Waals surface area contributed by atoms with Gasteiger partial charge in [0.15, 0.2) is 12.1 Å². The highest BCUT2D eigenvalue weighted by Gasteiger charge is 2.31. The number of fused-ring (bicyclic) bond motifs is 1. The summed E-state index contributed by atoms with van der Waals surface area (Å²) in [7, 11) is 0. The van der Waals surface area contributed by atoms with Crippen LogP contribution in [0.15, 0.2) is 28.5 Å². The van der Waals surface area contributed by atoms with Crippen LogP contribution in [0.25, 0.3) is 0 Å². The SMILES string of the molecule is CC(=O)c1c(C)c2c(n(C3CCCC3)c1=O)NC(NC1=CC=C(N3CCN(N)CC3)CN1)NC2. The number of nitrogens with one attached hydrogen (secondary N) is 4. The van der Waals surface area contributed by atoms with Gasteiger partial charge in [-0.05, 0) is 44.4 Å². The van der Waals surface area contributed by atoms with Crippen molar-refractivity contribution in [2.24, 2.45) is 5.84 Å². The molecule has 1 aromatic heterocycles. The molecule has 10 heteroatoms. The Balaban J connectivity index is 1.36. The lowest BCUT2D eigenvalue weighted by Gasteiger charge is -2.37. The van der Waals surface area contributed by atoms with Crippen LogP contribution in [0, 0.1) is 6.92 Å². The predicted molar refractivity (Wildman–Crippen MR) is 132 cm³/mol. The second kappa shape index (κ2) is 9.44. The molecule has 10 nitrogen and oxygen atoms in total. The van der Waals surface area contributed by atoms with E-state index in [0.29, 0.717) is 12.1 Å². The number of ketones is 1. The number of allylic oxidation sites excluding steroid dienone is 2. The number of hydrogen-bond donors (Lipinski definition) is 5. The molecule has 3 aliphatic heterocycles. The summed E-state index contributed by atoms with van der Waals surface area (Å²) in [6, 6.07) is 0.137. The Hall–Kier alpha value is -2.82. The van der Waals surface area contributed by atoms with Gasteiger partial charge in [0.2, 0.25) is 0 Å². The van der Waals surface area contributed by atoms with E-state index >= 15 is 0 Å². The molecule has 1 saturated carbocycles. The number of hydrogen-bond acceptors (Lipinski definition) is 9. The van der Waals surface area contributed by atoms with E-state index in [2.05, 4.69) is 38.3 Å². The van der Waals surface area contributed by atoms with Crippen molar-refractivity contribution in [3.05, 3.63) is 50.7 Å². The van der Waals surface area contributed by atoms with Crippen molar-refractivity contribution in [2.45, 2.75) is 58.4 Å². The molecular formula is C24H36N8O2. The molecule has 1 atom stereocenters. The van der Waals surface area contributed by atoms with Crippen molar-refractivity contribution in [1.82, 2.24) is 30.4 Å². The standard InChI is InChI=1S/C24H36N8O2/c1-15-19-14-27-24(28-20-8-7-18(13-26-20)30-9-11-31(25)12-10-30)29-22(19)32(17-5-3-4-6-17)23(34)21(15)16(2)33/h7-8,17,24,26-29H,3-6,9-14,25H2,1-2H3. The van der Waals surface area contributed by atoms with Gasteiger partial charge in [-0.3, -0.25) is 25.3 Å². The first-order chi connectivity index (χ1) is 16.4. The van der Waals surface area contributed by atoms with E-state index in [9.17, 15) is 9.59 Å². The van der Waals surface area contributed by atoms with Crippen LogP contribution in [-0.2, 0) is 6.54 Å². The van der Waals surface area contributed by atoms with Crippen molar-refractivity contribution in [2.75, 3.05) is 38.0 Å². The van der Waals surface area contributed by atoms with Gasteiger partial charge >= 0.3 is 0 Å². The molecule has 1 aromatic rings. The van der Waals surface area contributed by atoms with E-state index in [1.165, 1.54) is 12.6 Å². The number of nitrogens with two attached hydrogens (primary N) is 1. The molecule has 0 bridgehead atoms. The maximum atomic E-state index is 13.4. The normalized spacial score (nSPS) is 23.5. The topological polar surface area (TPSA) is 120 Å². The third kappa shape index (κ3) is 4.33. The molecular weight excluding hydrogens is 432 g/mol. The summed E-state index contributed by atoms with van der Waals surface area (Å²) < 4.78 is 1.86. The number of rotatable bonds is 5. The Morgan fingerprint density at radius 1 is 1.12 bits per heavy atom.